The zero-order chi connectivity index (χ0) is 9.61. The van der Waals surface area contributed by atoms with Crippen molar-refractivity contribution in [2.24, 2.45) is 0 Å². The molecule has 0 saturated heterocycles. The van der Waals surface area contributed by atoms with E-state index in [9.17, 15) is 0 Å². The average Bonchev–Trinajstić information content (AvgIpc) is 2.03. The molecule has 0 saturated carbocycles. The van der Waals surface area contributed by atoms with Crippen molar-refractivity contribution < 1.29 is 0 Å². The van der Waals surface area contributed by atoms with E-state index < -0.39 is 0 Å². The van der Waals surface area contributed by atoms with E-state index in [2.05, 4.69) is 16.3 Å². The van der Waals surface area contributed by atoms with Crippen LogP contribution in [0.2, 0.25) is 0 Å². The van der Waals surface area contributed by atoms with Crippen molar-refractivity contribution in [3.05, 3.63) is 0 Å². The van der Waals surface area contributed by atoms with Crippen LogP contribution in [0.15, 0.2) is 0 Å². The van der Waals surface area contributed by atoms with Crippen LogP contribution >= 0.6 is 0 Å². The highest BCUT2D eigenvalue weighted by Gasteiger charge is 2.19. The molecule has 3 nitrogen and oxygen atoms in total. The predicted octanol–water partition coefficient (Wildman–Crippen LogP) is 0.830. The summed E-state index contributed by atoms with van der Waals surface area (Å²) in [6.45, 7) is 5.79. The number of nitriles is 1. The number of rotatable bonds is 5. The number of nitrogens with one attached hydrogen (secondary N) is 1. The lowest BCUT2D eigenvalue weighted by atomic mass is 10.0. The Morgan fingerprint density at radius 3 is 2.42 bits per heavy atom. The van der Waals surface area contributed by atoms with Crippen molar-refractivity contribution in [2.75, 3.05) is 27.2 Å². The fourth-order valence-electron chi connectivity index (χ4n) is 0.799. The Bertz CT molecular complexity index is 160. The van der Waals surface area contributed by atoms with Crippen LogP contribution in [0.4, 0.5) is 0 Å². The molecule has 0 aliphatic carbocycles. The summed E-state index contributed by atoms with van der Waals surface area (Å²) in [5.74, 6) is 0. The average molecular weight is 169 g/mol. The zero-order valence-corrected chi connectivity index (χ0v) is 8.52. The third-order valence-corrected chi connectivity index (χ3v) is 2.03. The van der Waals surface area contributed by atoms with Crippen molar-refractivity contribution in [1.82, 2.24) is 10.2 Å². The first-order valence-electron chi connectivity index (χ1n) is 4.35. The van der Waals surface area contributed by atoms with E-state index in [0.717, 1.165) is 19.5 Å². The third kappa shape index (κ3) is 4.32. The first kappa shape index (κ1) is 11.4. The van der Waals surface area contributed by atoms with Crippen molar-refractivity contribution in [2.45, 2.75) is 25.8 Å². The Morgan fingerprint density at radius 2 is 2.08 bits per heavy atom. The highest BCUT2D eigenvalue weighted by atomic mass is 15.1. The Kier molecular flexibility index (Phi) is 4.87. The molecule has 1 atom stereocenters. The molecule has 0 heterocycles. The van der Waals surface area contributed by atoms with Crippen LogP contribution in [0.25, 0.3) is 0 Å². The summed E-state index contributed by atoms with van der Waals surface area (Å²) in [6.07, 6.45) is 0.844. The smallest absolute Gasteiger partial charge is 0.103 e. The quantitative estimate of drug-likeness (QED) is 0.662. The second-order valence-corrected chi connectivity index (χ2v) is 3.53. The van der Waals surface area contributed by atoms with E-state index in [1.165, 1.54) is 0 Å². The molecule has 70 valence electrons. The van der Waals surface area contributed by atoms with Crippen LogP contribution in [-0.4, -0.2) is 37.6 Å². The molecule has 3 heteroatoms. The monoisotopic (exact) mass is 169 g/mol. The van der Waals surface area contributed by atoms with Gasteiger partial charge in [0.05, 0.1) is 6.07 Å². The normalized spacial score (nSPS) is 15.7. The van der Waals surface area contributed by atoms with E-state index in [0.29, 0.717) is 0 Å². The van der Waals surface area contributed by atoms with E-state index in [1.807, 2.05) is 27.9 Å². The summed E-state index contributed by atoms with van der Waals surface area (Å²) >= 11 is 0. The molecule has 0 rings (SSSR count). The molecule has 1 N–H and O–H groups in total. The Labute approximate surface area is 75.4 Å². The molecule has 0 radical (unpaired) electrons. The minimum absolute atomic E-state index is 0.351. The number of likely N-dealkylation sites (N-methyl/N-ethyl adjacent to an activating group) is 1. The SMILES string of the molecule is CCC(C)(C#N)NCCN(C)C. The van der Waals surface area contributed by atoms with E-state index in [1.54, 1.807) is 0 Å². The molecule has 0 fully saturated rings. The van der Waals surface area contributed by atoms with Crippen molar-refractivity contribution in [1.29, 1.82) is 5.26 Å². The first-order valence-corrected chi connectivity index (χ1v) is 4.35. The highest BCUT2D eigenvalue weighted by Crippen LogP contribution is 2.05. The largest absolute Gasteiger partial charge is 0.308 e. The van der Waals surface area contributed by atoms with Gasteiger partial charge in [-0.3, -0.25) is 5.32 Å². The molecule has 0 aromatic carbocycles. The Balaban J connectivity index is 3.68. The van der Waals surface area contributed by atoms with Gasteiger partial charge in [0.1, 0.15) is 5.54 Å². The molecule has 0 aliphatic rings. The maximum Gasteiger partial charge on any atom is 0.103 e. The summed E-state index contributed by atoms with van der Waals surface area (Å²) in [6, 6.07) is 2.27. The predicted molar refractivity (Wildman–Crippen MR) is 50.9 cm³/mol. The third-order valence-electron chi connectivity index (χ3n) is 2.03. The van der Waals surface area contributed by atoms with Gasteiger partial charge in [-0.15, -0.1) is 0 Å². The molecule has 0 aliphatic heterocycles. The van der Waals surface area contributed by atoms with Crippen LogP contribution in [0, 0.1) is 11.3 Å². The van der Waals surface area contributed by atoms with Crippen LogP contribution in [0.3, 0.4) is 0 Å². The fourth-order valence-corrected chi connectivity index (χ4v) is 0.799. The van der Waals surface area contributed by atoms with Crippen LogP contribution in [0.1, 0.15) is 20.3 Å². The van der Waals surface area contributed by atoms with Gasteiger partial charge in [-0.2, -0.15) is 5.26 Å². The molecular weight excluding hydrogens is 150 g/mol. The summed E-state index contributed by atoms with van der Waals surface area (Å²) in [5.41, 5.74) is -0.351. The number of hydrogen-bond donors (Lipinski definition) is 1. The number of nitrogens with zero attached hydrogens (tertiary/aromatic N) is 2. The van der Waals surface area contributed by atoms with E-state index >= 15 is 0 Å². The Morgan fingerprint density at radius 1 is 1.50 bits per heavy atom. The minimum atomic E-state index is -0.351. The summed E-state index contributed by atoms with van der Waals surface area (Å²) in [5, 5.41) is 12.0. The molecular formula is C9H19N3. The Hall–Kier alpha value is -0.590. The van der Waals surface area contributed by atoms with Gasteiger partial charge < -0.3 is 4.90 Å². The summed E-state index contributed by atoms with van der Waals surface area (Å²) in [4.78, 5) is 2.10. The van der Waals surface area contributed by atoms with Gasteiger partial charge in [-0.1, -0.05) is 6.92 Å². The van der Waals surface area contributed by atoms with Gasteiger partial charge in [0.2, 0.25) is 0 Å². The maximum absolute atomic E-state index is 8.82. The summed E-state index contributed by atoms with van der Waals surface area (Å²) < 4.78 is 0. The maximum atomic E-state index is 8.82. The summed E-state index contributed by atoms with van der Waals surface area (Å²) in [7, 11) is 4.05. The lowest BCUT2D eigenvalue weighted by Crippen LogP contribution is -2.43. The van der Waals surface area contributed by atoms with Crippen molar-refractivity contribution in [3.63, 3.8) is 0 Å². The van der Waals surface area contributed by atoms with Crippen molar-refractivity contribution >= 4 is 0 Å². The molecule has 0 spiro atoms. The van der Waals surface area contributed by atoms with E-state index in [4.69, 9.17) is 5.26 Å². The van der Waals surface area contributed by atoms with Gasteiger partial charge in [-0.25, -0.2) is 0 Å². The topological polar surface area (TPSA) is 39.1 Å². The molecule has 1 unspecified atom stereocenters. The van der Waals surface area contributed by atoms with Crippen LogP contribution in [-0.2, 0) is 0 Å². The molecule has 12 heavy (non-hydrogen) atoms. The lowest BCUT2D eigenvalue weighted by Gasteiger charge is -2.22. The van der Waals surface area contributed by atoms with Crippen LogP contribution < -0.4 is 5.32 Å². The second-order valence-electron chi connectivity index (χ2n) is 3.53. The van der Waals surface area contributed by atoms with Gasteiger partial charge in [0.25, 0.3) is 0 Å². The van der Waals surface area contributed by atoms with Crippen molar-refractivity contribution in [3.8, 4) is 6.07 Å². The number of hydrogen-bond acceptors (Lipinski definition) is 3. The fraction of sp³-hybridized carbons (Fsp3) is 0.889. The van der Waals surface area contributed by atoms with Gasteiger partial charge in [0.15, 0.2) is 0 Å². The first-order chi connectivity index (χ1) is 5.54. The van der Waals surface area contributed by atoms with Gasteiger partial charge in [0, 0.05) is 13.1 Å². The van der Waals surface area contributed by atoms with Crippen LogP contribution in [0.5, 0.6) is 0 Å². The van der Waals surface area contributed by atoms with E-state index in [-0.39, 0.29) is 5.54 Å². The lowest BCUT2D eigenvalue weighted by molar-refractivity contribution is 0.359. The van der Waals surface area contributed by atoms with Gasteiger partial charge >= 0.3 is 0 Å². The molecule has 0 aromatic heterocycles. The molecule has 0 aromatic rings. The highest BCUT2D eigenvalue weighted by molar-refractivity contribution is 5.02. The molecule has 0 amide bonds. The zero-order valence-electron chi connectivity index (χ0n) is 8.52. The molecule has 0 bridgehead atoms. The van der Waals surface area contributed by atoms with Gasteiger partial charge in [-0.05, 0) is 27.4 Å². The minimum Gasteiger partial charge on any atom is -0.308 e. The second kappa shape index (κ2) is 5.13. The standard InChI is InChI=1S/C9H19N3/c1-5-9(2,8-10)11-6-7-12(3)4/h11H,5-7H2,1-4H3.